The topological polar surface area (TPSA) is 87.8 Å². The van der Waals surface area contributed by atoms with E-state index in [4.69, 9.17) is 15.7 Å². The monoisotopic (exact) mass is 297 g/mol. The summed E-state index contributed by atoms with van der Waals surface area (Å²) in [4.78, 5) is 14.1. The zero-order valence-corrected chi connectivity index (χ0v) is 11.7. The Kier molecular flexibility index (Phi) is 5.49. The van der Waals surface area contributed by atoms with Crippen molar-refractivity contribution in [3.63, 3.8) is 0 Å². The zero-order valence-electron chi connectivity index (χ0n) is 11.7. The predicted molar refractivity (Wildman–Crippen MR) is 76.2 cm³/mol. The van der Waals surface area contributed by atoms with Crippen LogP contribution in [0.3, 0.4) is 0 Å². The number of nitrogens with two attached hydrogens (primary N) is 1. The highest BCUT2D eigenvalue weighted by Crippen LogP contribution is 2.22. The molecule has 1 aliphatic rings. The molecule has 1 fully saturated rings. The van der Waals surface area contributed by atoms with Crippen molar-refractivity contribution in [2.45, 2.75) is 18.9 Å². The lowest BCUT2D eigenvalue weighted by Crippen LogP contribution is -2.41. The van der Waals surface area contributed by atoms with Gasteiger partial charge in [0.25, 0.3) is 5.91 Å². The molecule has 1 aromatic rings. The third kappa shape index (κ3) is 3.69. The van der Waals surface area contributed by atoms with Crippen LogP contribution in [-0.4, -0.2) is 48.3 Å². The fourth-order valence-electron chi connectivity index (χ4n) is 2.46. The van der Waals surface area contributed by atoms with Crippen molar-refractivity contribution in [1.29, 1.82) is 0 Å². The van der Waals surface area contributed by atoms with Gasteiger partial charge < -0.3 is 20.2 Å². The van der Waals surface area contributed by atoms with Gasteiger partial charge in [-0.1, -0.05) is 6.07 Å². The molecule has 2 rings (SSSR count). The Morgan fingerprint density at radius 1 is 1.48 bits per heavy atom. The summed E-state index contributed by atoms with van der Waals surface area (Å²) < 4.78 is 19.1. The normalized spacial score (nSPS) is 16.0. The molecule has 0 saturated carbocycles. The number of anilines is 1. The maximum atomic E-state index is 13.6. The fraction of sp³-hybridized carbons (Fsp3) is 0.500. The molecular formula is C14H20FN3O3. The number of piperidine rings is 1. The van der Waals surface area contributed by atoms with E-state index in [1.807, 2.05) is 0 Å². The van der Waals surface area contributed by atoms with Crippen molar-refractivity contribution >= 4 is 11.6 Å². The summed E-state index contributed by atoms with van der Waals surface area (Å²) >= 11 is 0. The van der Waals surface area contributed by atoms with E-state index in [0.717, 1.165) is 0 Å². The molecule has 1 saturated heterocycles. The van der Waals surface area contributed by atoms with Crippen molar-refractivity contribution < 1.29 is 19.0 Å². The lowest BCUT2D eigenvalue weighted by molar-refractivity contribution is -0.00553. The highest BCUT2D eigenvalue weighted by atomic mass is 19.1. The Balaban J connectivity index is 2.01. The number of nitrogens with one attached hydrogen (secondary N) is 1. The largest absolute Gasteiger partial charge is 0.394 e. The van der Waals surface area contributed by atoms with E-state index in [2.05, 4.69) is 5.43 Å². The van der Waals surface area contributed by atoms with E-state index < -0.39 is 5.82 Å². The Morgan fingerprint density at radius 3 is 2.81 bits per heavy atom. The van der Waals surface area contributed by atoms with Crippen molar-refractivity contribution in [3.8, 4) is 0 Å². The summed E-state index contributed by atoms with van der Waals surface area (Å²) in [6.07, 6.45) is 1.46. The number of nitrogen functional groups attached to an aromatic ring is 1. The third-order valence-electron chi connectivity index (χ3n) is 3.56. The second-order valence-corrected chi connectivity index (χ2v) is 4.89. The van der Waals surface area contributed by atoms with Crippen molar-refractivity contribution in [3.05, 3.63) is 29.6 Å². The highest BCUT2D eigenvalue weighted by molar-refractivity contribution is 5.99. The Labute approximate surface area is 122 Å². The number of amides is 1. The lowest BCUT2D eigenvalue weighted by atomic mass is 10.1. The number of ether oxygens (including phenoxy) is 1. The summed E-state index contributed by atoms with van der Waals surface area (Å²) in [5.74, 6) is 4.49. The van der Waals surface area contributed by atoms with Crippen LogP contribution < -0.4 is 11.3 Å². The van der Waals surface area contributed by atoms with Crippen LogP contribution in [0.1, 0.15) is 23.2 Å². The number of likely N-dealkylation sites (tertiary alicyclic amines) is 1. The van der Waals surface area contributed by atoms with E-state index in [9.17, 15) is 9.18 Å². The maximum Gasteiger partial charge on any atom is 0.256 e. The predicted octanol–water partition coefficient (Wildman–Crippen LogP) is 0.725. The summed E-state index contributed by atoms with van der Waals surface area (Å²) in [6.45, 7) is 1.38. The highest BCUT2D eigenvalue weighted by Gasteiger charge is 2.26. The number of para-hydroxylation sites is 1. The third-order valence-corrected chi connectivity index (χ3v) is 3.56. The minimum Gasteiger partial charge on any atom is -0.394 e. The summed E-state index contributed by atoms with van der Waals surface area (Å²) in [6, 6.07) is 4.29. The van der Waals surface area contributed by atoms with Gasteiger partial charge in [-0.25, -0.2) is 4.39 Å². The minimum absolute atomic E-state index is 0.00599. The van der Waals surface area contributed by atoms with Crippen LogP contribution in [0.25, 0.3) is 0 Å². The number of hydrazine groups is 1. The number of carbonyl (C=O) groups excluding carboxylic acids is 1. The molecule has 1 aromatic carbocycles. The number of aliphatic hydroxyl groups is 1. The molecule has 0 atom stereocenters. The molecule has 0 aliphatic carbocycles. The standard InChI is InChI=1S/C14H20FN3O3/c15-12-3-1-2-11(13(12)17-16)14(20)18-6-4-10(5-7-18)21-9-8-19/h1-3,10,17,19H,4-9,16H2. The number of halogens is 1. The maximum absolute atomic E-state index is 13.6. The van der Waals surface area contributed by atoms with E-state index in [1.54, 1.807) is 11.0 Å². The van der Waals surface area contributed by atoms with Crippen LogP contribution in [0.15, 0.2) is 18.2 Å². The molecule has 7 heteroatoms. The number of nitrogens with zero attached hydrogens (tertiary/aromatic N) is 1. The van der Waals surface area contributed by atoms with Crippen LogP contribution in [0.2, 0.25) is 0 Å². The number of aliphatic hydroxyl groups excluding tert-OH is 1. The lowest BCUT2D eigenvalue weighted by Gasteiger charge is -2.32. The van der Waals surface area contributed by atoms with Crippen molar-refractivity contribution in [2.24, 2.45) is 5.84 Å². The van der Waals surface area contributed by atoms with Gasteiger partial charge >= 0.3 is 0 Å². The van der Waals surface area contributed by atoms with Crippen molar-refractivity contribution in [2.75, 3.05) is 31.7 Å². The number of benzene rings is 1. The number of rotatable bonds is 5. The number of hydrogen-bond acceptors (Lipinski definition) is 5. The van der Waals surface area contributed by atoms with Gasteiger partial charge in [0.2, 0.25) is 0 Å². The molecule has 0 unspecified atom stereocenters. The second kappa shape index (κ2) is 7.35. The van der Waals surface area contributed by atoms with Crippen LogP contribution in [0, 0.1) is 5.82 Å². The summed E-state index contributed by atoms with van der Waals surface area (Å²) in [5.41, 5.74) is 2.49. The molecule has 0 aromatic heterocycles. The molecule has 116 valence electrons. The van der Waals surface area contributed by atoms with E-state index in [1.165, 1.54) is 12.1 Å². The van der Waals surface area contributed by atoms with Crippen LogP contribution >= 0.6 is 0 Å². The SMILES string of the molecule is NNc1c(F)cccc1C(=O)N1CCC(OCCO)CC1. The van der Waals surface area contributed by atoms with E-state index in [-0.39, 0.29) is 29.9 Å². The Bertz CT molecular complexity index is 490. The molecule has 4 N–H and O–H groups in total. The van der Waals surface area contributed by atoms with Gasteiger partial charge in [0, 0.05) is 13.1 Å². The first-order chi connectivity index (χ1) is 10.2. The van der Waals surface area contributed by atoms with Gasteiger partial charge in [-0.05, 0) is 25.0 Å². The zero-order chi connectivity index (χ0) is 15.2. The fourth-order valence-corrected chi connectivity index (χ4v) is 2.46. The van der Waals surface area contributed by atoms with E-state index in [0.29, 0.717) is 32.5 Å². The van der Waals surface area contributed by atoms with Crippen molar-refractivity contribution in [1.82, 2.24) is 4.90 Å². The van der Waals surface area contributed by atoms with Gasteiger partial charge in [-0.15, -0.1) is 0 Å². The Morgan fingerprint density at radius 2 is 2.19 bits per heavy atom. The average Bonchev–Trinajstić information content (AvgIpc) is 2.52. The average molecular weight is 297 g/mol. The molecule has 1 heterocycles. The molecule has 1 aliphatic heterocycles. The number of hydrogen-bond donors (Lipinski definition) is 3. The van der Waals surface area contributed by atoms with Crippen LogP contribution in [-0.2, 0) is 4.74 Å². The van der Waals surface area contributed by atoms with Gasteiger partial charge in [-0.2, -0.15) is 0 Å². The second-order valence-electron chi connectivity index (χ2n) is 4.89. The molecule has 0 bridgehead atoms. The van der Waals surface area contributed by atoms with Gasteiger partial charge in [0.05, 0.1) is 30.6 Å². The molecule has 0 radical (unpaired) electrons. The van der Waals surface area contributed by atoms with Crippen LogP contribution in [0.4, 0.5) is 10.1 Å². The molecule has 1 amide bonds. The first kappa shape index (κ1) is 15.7. The smallest absolute Gasteiger partial charge is 0.256 e. The molecular weight excluding hydrogens is 277 g/mol. The molecule has 6 nitrogen and oxygen atoms in total. The number of carbonyl (C=O) groups is 1. The minimum atomic E-state index is -0.551. The van der Waals surface area contributed by atoms with Crippen LogP contribution in [0.5, 0.6) is 0 Å². The summed E-state index contributed by atoms with van der Waals surface area (Å²) in [5, 5.41) is 8.73. The molecule has 21 heavy (non-hydrogen) atoms. The molecule has 0 spiro atoms. The first-order valence-electron chi connectivity index (χ1n) is 6.94. The van der Waals surface area contributed by atoms with Gasteiger partial charge in [-0.3, -0.25) is 10.6 Å². The summed E-state index contributed by atoms with van der Waals surface area (Å²) in [7, 11) is 0. The van der Waals surface area contributed by atoms with Gasteiger partial charge in [0.15, 0.2) is 0 Å². The van der Waals surface area contributed by atoms with E-state index >= 15 is 0 Å². The Hall–Kier alpha value is -1.70. The van der Waals surface area contributed by atoms with Gasteiger partial charge in [0.1, 0.15) is 5.82 Å². The first-order valence-corrected chi connectivity index (χ1v) is 6.94. The quantitative estimate of drug-likeness (QED) is 0.551.